The van der Waals surface area contributed by atoms with Crippen LogP contribution < -0.4 is 14.9 Å². The van der Waals surface area contributed by atoms with Crippen LogP contribution in [0, 0.1) is 35.3 Å². The standard InChI is InChI=1S/C24H29FO3.C18H25BrO3.C6H6BFO2/c1-4-27-24(26)22(13-16(2)3)19-9-12-23(28-15-17-5-6-17)21(14-19)18-7-10-20(25)11-8-18;1-4-21-18(20)15(9-12(2)3)14-7-8-17(16(19)10-14)22-11-13-5-6-13;8-6-3-1-5(2-4-6)7(9)10/h7-12,14,16-17,22H,4-6,13,15H2,1-3H3;7-8,10,12-13,15H,4-6,9,11H2,1-3H3;1-4,9-10H. The molecule has 0 aromatic heterocycles. The SMILES string of the molecule is CCOC(=O)C(CC(C)C)c1ccc(OCC2CC2)c(-c2ccc(F)cc2)c1.CCOC(=O)C(CC(C)C)c1ccc(OCC2CC2)c(Br)c1.OB(O)c1ccc(F)cc1. The molecule has 0 saturated heterocycles. The van der Waals surface area contributed by atoms with Gasteiger partial charge in [0.15, 0.2) is 0 Å². The zero-order valence-corrected chi connectivity index (χ0v) is 37.3. The fourth-order valence-corrected chi connectivity index (χ4v) is 6.89. The molecule has 0 heterocycles. The number of hydrogen-bond donors (Lipinski definition) is 2. The summed E-state index contributed by atoms with van der Waals surface area (Å²) in [6.45, 7) is 14.4. The number of carbonyl (C=O) groups excluding carboxylic acids is 2. The number of carbonyl (C=O) groups is 2. The third-order valence-electron chi connectivity index (χ3n) is 9.99. The quantitative estimate of drug-likeness (QED) is 0.0751. The Kier molecular flexibility index (Phi) is 19.6. The van der Waals surface area contributed by atoms with Crippen molar-refractivity contribution in [3.8, 4) is 22.6 Å². The molecule has 0 bridgehead atoms. The molecule has 2 saturated carbocycles. The van der Waals surface area contributed by atoms with E-state index in [1.165, 1.54) is 62.1 Å². The number of ether oxygens (including phenoxy) is 4. The monoisotopic (exact) mass is 892 g/mol. The highest BCUT2D eigenvalue weighted by Gasteiger charge is 2.27. The molecule has 2 N–H and O–H groups in total. The first-order valence-corrected chi connectivity index (χ1v) is 21.9. The first-order valence-electron chi connectivity index (χ1n) is 21.1. The zero-order chi connectivity index (χ0) is 43.8. The van der Waals surface area contributed by atoms with Crippen LogP contribution in [0.5, 0.6) is 11.5 Å². The number of rotatable bonds is 18. The third kappa shape index (κ3) is 16.3. The van der Waals surface area contributed by atoms with Gasteiger partial charge in [-0.05, 0) is 163 Å². The summed E-state index contributed by atoms with van der Waals surface area (Å²) in [5.74, 6) is 2.22. The Bertz CT molecular complexity index is 1930. The summed E-state index contributed by atoms with van der Waals surface area (Å²) in [6.07, 6.45) is 6.47. The molecule has 2 atom stereocenters. The van der Waals surface area contributed by atoms with E-state index in [0.717, 1.165) is 57.2 Å². The molecule has 12 heteroatoms. The van der Waals surface area contributed by atoms with E-state index >= 15 is 0 Å². The number of esters is 2. The first kappa shape index (κ1) is 48.4. The Hall–Kier alpha value is -4.26. The molecule has 0 aliphatic heterocycles. The molecule has 2 aliphatic rings. The van der Waals surface area contributed by atoms with Crippen molar-refractivity contribution in [3.05, 3.63) is 112 Å². The van der Waals surface area contributed by atoms with Gasteiger partial charge < -0.3 is 29.0 Å². The normalized spacial score (nSPS) is 14.2. The molecule has 2 fully saturated rings. The second kappa shape index (κ2) is 24.3. The highest BCUT2D eigenvalue weighted by molar-refractivity contribution is 9.10. The largest absolute Gasteiger partial charge is 0.493 e. The van der Waals surface area contributed by atoms with E-state index in [2.05, 4.69) is 43.6 Å². The van der Waals surface area contributed by atoms with Crippen molar-refractivity contribution in [2.45, 2.75) is 91.9 Å². The van der Waals surface area contributed by atoms with E-state index in [9.17, 15) is 18.4 Å². The number of benzene rings is 4. The van der Waals surface area contributed by atoms with E-state index in [1.807, 2.05) is 50.2 Å². The summed E-state index contributed by atoms with van der Waals surface area (Å²) in [7, 11) is -1.51. The Morgan fingerprint density at radius 3 is 1.52 bits per heavy atom. The average Bonchev–Trinajstić information content (AvgIpc) is 4.16. The summed E-state index contributed by atoms with van der Waals surface area (Å²) in [6, 6.07) is 23.2. The molecular formula is C48H60BBrF2O8. The Labute approximate surface area is 363 Å². The Morgan fingerprint density at radius 2 is 1.10 bits per heavy atom. The van der Waals surface area contributed by atoms with Crippen LogP contribution in [-0.2, 0) is 19.1 Å². The van der Waals surface area contributed by atoms with Crippen LogP contribution in [0.4, 0.5) is 8.78 Å². The molecule has 8 nitrogen and oxygen atoms in total. The smallest absolute Gasteiger partial charge is 0.488 e. The minimum atomic E-state index is -1.51. The molecule has 4 aromatic carbocycles. The summed E-state index contributed by atoms with van der Waals surface area (Å²) >= 11 is 3.56. The van der Waals surface area contributed by atoms with Gasteiger partial charge in [0, 0.05) is 5.56 Å². The van der Waals surface area contributed by atoms with Gasteiger partial charge >= 0.3 is 19.1 Å². The van der Waals surface area contributed by atoms with E-state index in [1.54, 1.807) is 12.1 Å². The maximum Gasteiger partial charge on any atom is 0.488 e. The van der Waals surface area contributed by atoms with Crippen LogP contribution in [0.1, 0.15) is 103 Å². The van der Waals surface area contributed by atoms with Gasteiger partial charge in [-0.25, -0.2) is 8.78 Å². The molecule has 0 spiro atoms. The topological polar surface area (TPSA) is 112 Å². The van der Waals surface area contributed by atoms with Crippen molar-refractivity contribution < 1.29 is 47.4 Å². The Morgan fingerprint density at radius 1 is 0.667 bits per heavy atom. The van der Waals surface area contributed by atoms with Crippen LogP contribution in [-0.4, -0.2) is 55.5 Å². The molecule has 324 valence electrons. The fraction of sp³-hybridized carbons (Fsp3) is 0.458. The molecular weight excluding hydrogens is 833 g/mol. The van der Waals surface area contributed by atoms with Crippen LogP contribution in [0.2, 0.25) is 0 Å². The van der Waals surface area contributed by atoms with Crippen molar-refractivity contribution >= 4 is 40.4 Å². The lowest BCUT2D eigenvalue weighted by Crippen LogP contribution is -2.29. The highest BCUT2D eigenvalue weighted by atomic mass is 79.9. The van der Waals surface area contributed by atoms with E-state index in [-0.39, 0.29) is 35.4 Å². The van der Waals surface area contributed by atoms with Crippen LogP contribution in [0.3, 0.4) is 0 Å². The fourth-order valence-electron chi connectivity index (χ4n) is 6.38. The maximum absolute atomic E-state index is 13.4. The molecule has 60 heavy (non-hydrogen) atoms. The van der Waals surface area contributed by atoms with E-state index in [0.29, 0.717) is 49.5 Å². The lowest BCUT2D eigenvalue weighted by molar-refractivity contribution is -0.146. The minimum Gasteiger partial charge on any atom is -0.493 e. The minimum absolute atomic E-state index is 0.144. The highest BCUT2D eigenvalue weighted by Crippen LogP contribution is 2.38. The first-order chi connectivity index (χ1) is 28.7. The van der Waals surface area contributed by atoms with Crippen molar-refractivity contribution in [3.63, 3.8) is 0 Å². The van der Waals surface area contributed by atoms with Gasteiger partial charge in [0.1, 0.15) is 23.1 Å². The van der Waals surface area contributed by atoms with Gasteiger partial charge in [-0.15, -0.1) is 0 Å². The van der Waals surface area contributed by atoms with Gasteiger partial charge in [-0.2, -0.15) is 0 Å². The lowest BCUT2D eigenvalue weighted by Gasteiger charge is -2.20. The third-order valence-corrected chi connectivity index (χ3v) is 10.6. The van der Waals surface area contributed by atoms with Crippen LogP contribution in [0.15, 0.2) is 89.4 Å². The molecule has 4 aromatic rings. The predicted octanol–water partition coefficient (Wildman–Crippen LogP) is 10.4. The number of hydrogen-bond acceptors (Lipinski definition) is 8. The average molecular weight is 894 g/mol. The molecule has 0 amide bonds. The molecule has 2 aliphatic carbocycles. The summed E-state index contributed by atoms with van der Waals surface area (Å²) in [4.78, 5) is 24.8. The van der Waals surface area contributed by atoms with Crippen LogP contribution >= 0.6 is 15.9 Å². The van der Waals surface area contributed by atoms with Gasteiger partial charge in [0.25, 0.3) is 0 Å². The van der Waals surface area contributed by atoms with E-state index < -0.39 is 7.12 Å². The second-order valence-electron chi connectivity index (χ2n) is 16.3. The van der Waals surface area contributed by atoms with E-state index in [4.69, 9.17) is 29.0 Å². The maximum atomic E-state index is 13.4. The molecule has 0 radical (unpaired) electrons. The van der Waals surface area contributed by atoms with Gasteiger partial charge in [0.05, 0.1) is 42.7 Å². The summed E-state index contributed by atoms with van der Waals surface area (Å²) in [5.41, 5.74) is 3.95. The van der Waals surface area contributed by atoms with Gasteiger partial charge in [0.2, 0.25) is 0 Å². The zero-order valence-electron chi connectivity index (χ0n) is 35.7. The summed E-state index contributed by atoms with van der Waals surface area (Å²) in [5, 5.41) is 17.1. The van der Waals surface area contributed by atoms with Crippen molar-refractivity contribution in [1.29, 1.82) is 0 Å². The van der Waals surface area contributed by atoms with Crippen molar-refractivity contribution in [2.24, 2.45) is 23.7 Å². The number of halogens is 3. The lowest BCUT2D eigenvalue weighted by atomic mass is 9.80. The van der Waals surface area contributed by atoms with Gasteiger partial charge in [-0.3, -0.25) is 9.59 Å². The second-order valence-corrected chi connectivity index (χ2v) is 17.1. The molecule has 6 rings (SSSR count). The van der Waals surface area contributed by atoms with Crippen molar-refractivity contribution in [1.82, 2.24) is 0 Å². The Balaban J connectivity index is 0.000000220. The predicted molar refractivity (Wildman–Crippen MR) is 236 cm³/mol. The van der Waals surface area contributed by atoms with Crippen LogP contribution in [0.25, 0.3) is 11.1 Å². The van der Waals surface area contributed by atoms with Crippen molar-refractivity contribution in [2.75, 3.05) is 26.4 Å². The van der Waals surface area contributed by atoms with Gasteiger partial charge in [-0.1, -0.05) is 64.1 Å². The summed E-state index contributed by atoms with van der Waals surface area (Å²) < 4.78 is 48.9. The molecule has 2 unspecified atom stereocenters.